The largest absolute Gasteiger partial charge is 0.444 e. The normalized spacial score (nSPS) is 16.0. The number of carbonyl (C=O) groups is 1. The molecular formula is C15H22BrN3O2. The number of nitrogens with zero attached hydrogens (tertiary/aromatic N) is 2. The Morgan fingerprint density at radius 1 is 1.24 bits per heavy atom. The van der Waals surface area contributed by atoms with Gasteiger partial charge in [0.2, 0.25) is 0 Å². The Morgan fingerprint density at radius 2 is 1.86 bits per heavy atom. The molecule has 0 aromatic heterocycles. The van der Waals surface area contributed by atoms with Crippen molar-refractivity contribution in [2.75, 3.05) is 36.8 Å². The second-order valence-corrected chi connectivity index (χ2v) is 6.98. The Hall–Kier alpha value is -1.43. The first kappa shape index (κ1) is 15.9. The van der Waals surface area contributed by atoms with Gasteiger partial charge in [-0.2, -0.15) is 0 Å². The molecule has 1 heterocycles. The lowest BCUT2D eigenvalue weighted by molar-refractivity contribution is 0.0240. The molecule has 0 aliphatic carbocycles. The van der Waals surface area contributed by atoms with E-state index in [-0.39, 0.29) is 6.09 Å². The van der Waals surface area contributed by atoms with Gasteiger partial charge >= 0.3 is 6.09 Å². The zero-order valence-electron chi connectivity index (χ0n) is 12.7. The first-order valence-corrected chi connectivity index (χ1v) is 7.84. The lowest BCUT2D eigenvalue weighted by Crippen LogP contribution is -2.50. The molecule has 1 amide bonds. The third-order valence-electron chi connectivity index (χ3n) is 3.30. The van der Waals surface area contributed by atoms with Crippen LogP contribution in [0.5, 0.6) is 0 Å². The highest BCUT2D eigenvalue weighted by molar-refractivity contribution is 9.10. The number of halogens is 1. The lowest BCUT2D eigenvalue weighted by Gasteiger charge is -2.37. The molecule has 0 spiro atoms. The minimum Gasteiger partial charge on any atom is -0.444 e. The number of carbonyl (C=O) groups excluding carboxylic acids is 1. The molecule has 1 aliphatic heterocycles. The Bertz CT molecular complexity index is 520. The van der Waals surface area contributed by atoms with Crippen LogP contribution in [0.15, 0.2) is 22.7 Å². The Labute approximate surface area is 134 Å². The number of anilines is 2. The van der Waals surface area contributed by atoms with Gasteiger partial charge in [0.25, 0.3) is 0 Å². The number of amides is 1. The van der Waals surface area contributed by atoms with Crippen LogP contribution >= 0.6 is 15.9 Å². The van der Waals surface area contributed by atoms with Crippen LogP contribution in [0.3, 0.4) is 0 Å². The predicted octanol–water partition coefficient (Wildman–Crippen LogP) is 3.09. The molecule has 0 bridgehead atoms. The summed E-state index contributed by atoms with van der Waals surface area (Å²) in [6.45, 7) is 8.41. The Kier molecular flexibility index (Phi) is 4.66. The van der Waals surface area contributed by atoms with E-state index in [1.54, 1.807) is 4.90 Å². The van der Waals surface area contributed by atoms with Crippen LogP contribution in [0.1, 0.15) is 20.8 Å². The third kappa shape index (κ3) is 4.03. The number of nitrogens with two attached hydrogens (primary N) is 1. The van der Waals surface area contributed by atoms with Gasteiger partial charge in [0, 0.05) is 30.7 Å². The molecule has 1 fully saturated rings. The van der Waals surface area contributed by atoms with Crippen molar-refractivity contribution < 1.29 is 9.53 Å². The van der Waals surface area contributed by atoms with E-state index in [9.17, 15) is 4.79 Å². The van der Waals surface area contributed by atoms with Crippen LogP contribution in [-0.4, -0.2) is 42.8 Å². The molecule has 1 aromatic rings. The maximum Gasteiger partial charge on any atom is 0.410 e. The average molecular weight is 356 g/mol. The van der Waals surface area contributed by atoms with Crippen molar-refractivity contribution in [3.8, 4) is 0 Å². The van der Waals surface area contributed by atoms with E-state index < -0.39 is 5.60 Å². The second kappa shape index (κ2) is 6.13. The average Bonchev–Trinajstić information content (AvgIpc) is 2.40. The summed E-state index contributed by atoms with van der Waals surface area (Å²) in [7, 11) is 0. The SMILES string of the molecule is CC(C)(C)OC(=O)N1CCN(c2cccc(Br)c2N)CC1. The number of hydrogen-bond acceptors (Lipinski definition) is 4. The van der Waals surface area contributed by atoms with Gasteiger partial charge in [0.15, 0.2) is 0 Å². The van der Waals surface area contributed by atoms with Crippen LogP contribution in [-0.2, 0) is 4.74 Å². The van der Waals surface area contributed by atoms with Crippen LogP contribution in [0.2, 0.25) is 0 Å². The van der Waals surface area contributed by atoms with E-state index in [1.165, 1.54) is 0 Å². The molecule has 1 saturated heterocycles. The van der Waals surface area contributed by atoms with Crippen LogP contribution in [0, 0.1) is 0 Å². The van der Waals surface area contributed by atoms with Crippen LogP contribution < -0.4 is 10.6 Å². The highest BCUT2D eigenvalue weighted by Crippen LogP contribution is 2.31. The number of hydrogen-bond donors (Lipinski definition) is 1. The van der Waals surface area contributed by atoms with E-state index in [0.29, 0.717) is 13.1 Å². The number of rotatable bonds is 1. The molecule has 116 valence electrons. The molecule has 0 atom stereocenters. The van der Waals surface area contributed by atoms with E-state index in [1.807, 2.05) is 39.0 Å². The summed E-state index contributed by atoms with van der Waals surface area (Å²) in [6, 6.07) is 5.90. The molecule has 1 aromatic carbocycles. The van der Waals surface area contributed by atoms with E-state index in [0.717, 1.165) is 28.9 Å². The zero-order valence-corrected chi connectivity index (χ0v) is 14.3. The number of ether oxygens (including phenoxy) is 1. The molecule has 0 saturated carbocycles. The Morgan fingerprint density at radius 3 is 2.43 bits per heavy atom. The minimum absolute atomic E-state index is 0.246. The molecule has 0 unspecified atom stereocenters. The van der Waals surface area contributed by atoms with E-state index in [2.05, 4.69) is 20.8 Å². The zero-order chi connectivity index (χ0) is 15.6. The molecule has 0 radical (unpaired) electrons. The molecule has 6 heteroatoms. The van der Waals surface area contributed by atoms with Crippen LogP contribution in [0.25, 0.3) is 0 Å². The quantitative estimate of drug-likeness (QED) is 0.786. The van der Waals surface area contributed by atoms with Crippen molar-refractivity contribution in [2.45, 2.75) is 26.4 Å². The molecule has 21 heavy (non-hydrogen) atoms. The number of para-hydroxylation sites is 1. The maximum atomic E-state index is 12.0. The van der Waals surface area contributed by atoms with Crippen molar-refractivity contribution >= 4 is 33.4 Å². The summed E-state index contributed by atoms with van der Waals surface area (Å²) < 4.78 is 6.30. The highest BCUT2D eigenvalue weighted by atomic mass is 79.9. The van der Waals surface area contributed by atoms with Gasteiger partial charge in [-0.15, -0.1) is 0 Å². The predicted molar refractivity (Wildman–Crippen MR) is 88.6 cm³/mol. The summed E-state index contributed by atoms with van der Waals surface area (Å²) in [4.78, 5) is 16.0. The molecule has 2 N–H and O–H groups in total. The van der Waals surface area contributed by atoms with Crippen molar-refractivity contribution in [1.82, 2.24) is 4.90 Å². The van der Waals surface area contributed by atoms with Gasteiger partial charge in [-0.25, -0.2) is 4.79 Å². The highest BCUT2D eigenvalue weighted by Gasteiger charge is 2.26. The fraction of sp³-hybridized carbons (Fsp3) is 0.533. The first-order valence-electron chi connectivity index (χ1n) is 7.05. The smallest absolute Gasteiger partial charge is 0.410 e. The van der Waals surface area contributed by atoms with Crippen molar-refractivity contribution in [3.63, 3.8) is 0 Å². The van der Waals surface area contributed by atoms with Gasteiger partial charge in [-0.1, -0.05) is 6.07 Å². The van der Waals surface area contributed by atoms with E-state index in [4.69, 9.17) is 10.5 Å². The van der Waals surface area contributed by atoms with Gasteiger partial charge in [-0.3, -0.25) is 0 Å². The standard InChI is InChI=1S/C15H22BrN3O2/c1-15(2,3)21-14(20)19-9-7-18(8-10-19)12-6-4-5-11(16)13(12)17/h4-6H,7-10,17H2,1-3H3. The monoisotopic (exact) mass is 355 g/mol. The lowest BCUT2D eigenvalue weighted by atomic mass is 10.2. The van der Waals surface area contributed by atoms with Crippen LogP contribution in [0.4, 0.5) is 16.2 Å². The molecule has 2 rings (SSSR count). The number of nitrogen functional groups attached to an aromatic ring is 1. The molecule has 1 aliphatic rings. The number of piperazine rings is 1. The summed E-state index contributed by atoms with van der Waals surface area (Å²) in [5.41, 5.74) is 7.39. The van der Waals surface area contributed by atoms with Crippen molar-refractivity contribution in [1.29, 1.82) is 0 Å². The van der Waals surface area contributed by atoms with Gasteiger partial charge in [-0.05, 0) is 48.8 Å². The van der Waals surface area contributed by atoms with E-state index >= 15 is 0 Å². The third-order valence-corrected chi connectivity index (χ3v) is 3.99. The van der Waals surface area contributed by atoms with Gasteiger partial charge in [0.1, 0.15) is 5.60 Å². The first-order chi connectivity index (χ1) is 9.78. The van der Waals surface area contributed by atoms with Crippen molar-refractivity contribution in [2.24, 2.45) is 0 Å². The Balaban J connectivity index is 1.97. The van der Waals surface area contributed by atoms with Gasteiger partial charge < -0.3 is 20.3 Å². The summed E-state index contributed by atoms with van der Waals surface area (Å²) >= 11 is 3.44. The summed E-state index contributed by atoms with van der Waals surface area (Å²) in [5, 5.41) is 0. The maximum absolute atomic E-state index is 12.0. The summed E-state index contributed by atoms with van der Waals surface area (Å²) in [6.07, 6.45) is -0.246. The second-order valence-electron chi connectivity index (χ2n) is 6.13. The molecular weight excluding hydrogens is 334 g/mol. The fourth-order valence-electron chi connectivity index (χ4n) is 2.26. The minimum atomic E-state index is -0.455. The topological polar surface area (TPSA) is 58.8 Å². The van der Waals surface area contributed by atoms with Crippen molar-refractivity contribution in [3.05, 3.63) is 22.7 Å². The molecule has 5 nitrogen and oxygen atoms in total. The fourth-order valence-corrected chi connectivity index (χ4v) is 2.61. The van der Waals surface area contributed by atoms with Gasteiger partial charge in [0.05, 0.1) is 11.4 Å². The summed E-state index contributed by atoms with van der Waals surface area (Å²) in [5.74, 6) is 0. The number of benzene rings is 1.